The Morgan fingerprint density at radius 3 is 2.19 bits per heavy atom. The molecule has 3 rings (SSSR count). The minimum atomic E-state index is -3.37. The van der Waals surface area contributed by atoms with Gasteiger partial charge in [-0.25, -0.2) is 8.42 Å². The van der Waals surface area contributed by atoms with Gasteiger partial charge in [-0.1, -0.05) is 48.5 Å². The number of rotatable bonds is 3. The highest BCUT2D eigenvalue weighted by Gasteiger charge is 2.30. The lowest BCUT2D eigenvalue weighted by Gasteiger charge is -2.32. The van der Waals surface area contributed by atoms with Crippen molar-refractivity contribution in [2.24, 2.45) is 0 Å². The molecule has 3 nitrogen and oxygen atoms in total. The van der Waals surface area contributed by atoms with Crippen molar-refractivity contribution in [3.8, 4) is 0 Å². The van der Waals surface area contributed by atoms with Crippen LogP contribution in [0.3, 0.4) is 0 Å². The fourth-order valence-electron chi connectivity index (χ4n) is 2.90. The Labute approximate surface area is 126 Å². The van der Waals surface area contributed by atoms with Gasteiger partial charge < -0.3 is 0 Å². The summed E-state index contributed by atoms with van der Waals surface area (Å²) in [5, 5.41) is 0. The lowest BCUT2D eigenvalue weighted by molar-refractivity contribution is 0.315. The largest absolute Gasteiger partial charge is 0.243 e. The molecule has 1 aliphatic heterocycles. The van der Waals surface area contributed by atoms with Crippen molar-refractivity contribution in [1.82, 2.24) is 4.31 Å². The first kappa shape index (κ1) is 14.3. The molecule has 4 heteroatoms. The zero-order chi connectivity index (χ0) is 14.7. The van der Waals surface area contributed by atoms with E-state index in [0.29, 0.717) is 23.9 Å². The molecule has 0 spiro atoms. The quantitative estimate of drug-likeness (QED) is 0.872. The van der Waals surface area contributed by atoms with Crippen molar-refractivity contribution in [1.29, 1.82) is 0 Å². The highest BCUT2D eigenvalue weighted by atomic mass is 32.2. The Bertz CT molecular complexity index is 683. The van der Waals surface area contributed by atoms with Crippen molar-refractivity contribution in [2.75, 3.05) is 13.1 Å². The molecular formula is C17H19NO2S. The zero-order valence-corrected chi connectivity index (χ0v) is 12.7. The molecule has 1 heterocycles. The Balaban J connectivity index is 1.84. The van der Waals surface area contributed by atoms with Gasteiger partial charge in [0.2, 0.25) is 10.0 Å². The first-order valence-electron chi connectivity index (χ1n) is 7.28. The number of nitrogens with zero attached hydrogens (tertiary/aromatic N) is 1. The molecule has 0 N–H and O–H groups in total. The van der Waals surface area contributed by atoms with Gasteiger partial charge in [-0.15, -0.1) is 0 Å². The van der Waals surface area contributed by atoms with E-state index >= 15 is 0 Å². The van der Waals surface area contributed by atoms with Crippen LogP contribution in [0, 0.1) is 0 Å². The first-order valence-corrected chi connectivity index (χ1v) is 8.72. The highest BCUT2D eigenvalue weighted by molar-refractivity contribution is 7.89. The molecule has 0 aromatic heterocycles. The third-order valence-corrected chi connectivity index (χ3v) is 5.92. The summed E-state index contributed by atoms with van der Waals surface area (Å²) in [6.07, 6.45) is 1.95. The van der Waals surface area contributed by atoms with Crippen LogP contribution < -0.4 is 0 Å². The van der Waals surface area contributed by atoms with Crippen molar-refractivity contribution >= 4 is 10.0 Å². The maximum atomic E-state index is 12.7. The van der Waals surface area contributed by atoms with E-state index in [9.17, 15) is 8.42 Å². The average molecular weight is 301 g/mol. The Morgan fingerprint density at radius 2 is 1.52 bits per heavy atom. The van der Waals surface area contributed by atoms with Crippen LogP contribution in [0.25, 0.3) is 0 Å². The molecule has 0 amide bonds. The van der Waals surface area contributed by atoms with Crippen LogP contribution in [0.4, 0.5) is 0 Å². The minimum absolute atomic E-state index is 0.290. The Hall–Kier alpha value is -1.65. The Kier molecular flexibility index (Phi) is 4.08. The molecule has 1 aliphatic rings. The molecule has 1 atom stereocenters. The summed E-state index contributed by atoms with van der Waals surface area (Å²) in [5.74, 6) is 0.290. The van der Waals surface area contributed by atoms with Crippen molar-refractivity contribution in [3.05, 3.63) is 66.2 Å². The lowest BCUT2D eigenvalue weighted by atomic mass is 9.92. The molecule has 0 radical (unpaired) electrons. The van der Waals surface area contributed by atoms with E-state index in [1.165, 1.54) is 5.56 Å². The summed E-state index contributed by atoms with van der Waals surface area (Å²) < 4.78 is 27.0. The number of piperidine rings is 1. The summed E-state index contributed by atoms with van der Waals surface area (Å²) in [7, 11) is -3.37. The maximum Gasteiger partial charge on any atom is 0.243 e. The Morgan fingerprint density at radius 1 is 0.905 bits per heavy atom. The number of benzene rings is 2. The topological polar surface area (TPSA) is 37.4 Å². The second kappa shape index (κ2) is 6.00. The molecule has 2 aromatic carbocycles. The van der Waals surface area contributed by atoms with Crippen LogP contribution in [-0.2, 0) is 10.0 Å². The predicted molar refractivity (Wildman–Crippen MR) is 83.6 cm³/mol. The SMILES string of the molecule is O=S(=O)(c1ccccc1)N1CCCC(c2ccccc2)C1. The van der Waals surface area contributed by atoms with Crippen LogP contribution in [0.2, 0.25) is 0 Å². The first-order chi connectivity index (χ1) is 10.2. The van der Waals surface area contributed by atoms with E-state index < -0.39 is 10.0 Å². The standard InChI is InChI=1S/C17H19NO2S/c19-21(20,17-11-5-2-6-12-17)18-13-7-10-16(14-18)15-8-3-1-4-9-15/h1-6,8-9,11-12,16H,7,10,13-14H2. The van der Waals surface area contributed by atoms with Gasteiger partial charge in [0, 0.05) is 13.1 Å². The summed E-state index contributed by atoms with van der Waals surface area (Å²) >= 11 is 0. The van der Waals surface area contributed by atoms with E-state index in [1.807, 2.05) is 24.3 Å². The van der Waals surface area contributed by atoms with Gasteiger partial charge in [0.1, 0.15) is 0 Å². The predicted octanol–water partition coefficient (Wildman–Crippen LogP) is 3.25. The van der Waals surface area contributed by atoms with E-state index in [-0.39, 0.29) is 0 Å². The molecule has 110 valence electrons. The molecule has 0 bridgehead atoms. The summed E-state index contributed by atoms with van der Waals surface area (Å²) in [5.41, 5.74) is 1.23. The molecular weight excluding hydrogens is 282 g/mol. The van der Waals surface area contributed by atoms with Crippen LogP contribution in [0.5, 0.6) is 0 Å². The fraction of sp³-hybridized carbons (Fsp3) is 0.294. The number of hydrogen-bond acceptors (Lipinski definition) is 2. The second-order valence-electron chi connectivity index (χ2n) is 5.43. The van der Waals surface area contributed by atoms with Gasteiger partial charge in [-0.2, -0.15) is 4.31 Å². The molecule has 1 fully saturated rings. The normalized spacial score (nSPS) is 20.3. The third-order valence-electron chi connectivity index (χ3n) is 4.04. The van der Waals surface area contributed by atoms with Gasteiger partial charge in [0.25, 0.3) is 0 Å². The molecule has 21 heavy (non-hydrogen) atoms. The maximum absolute atomic E-state index is 12.7. The third kappa shape index (κ3) is 3.01. The molecule has 1 unspecified atom stereocenters. The van der Waals surface area contributed by atoms with Crippen LogP contribution >= 0.6 is 0 Å². The van der Waals surface area contributed by atoms with Crippen molar-refractivity contribution in [3.63, 3.8) is 0 Å². The van der Waals surface area contributed by atoms with E-state index in [1.54, 1.807) is 28.6 Å². The van der Waals surface area contributed by atoms with Crippen LogP contribution in [0.1, 0.15) is 24.3 Å². The molecule has 0 aliphatic carbocycles. The van der Waals surface area contributed by atoms with Crippen LogP contribution in [-0.4, -0.2) is 25.8 Å². The van der Waals surface area contributed by atoms with Gasteiger partial charge in [0.15, 0.2) is 0 Å². The summed E-state index contributed by atoms with van der Waals surface area (Å²) in [6.45, 7) is 1.18. The van der Waals surface area contributed by atoms with Gasteiger partial charge in [-0.05, 0) is 36.5 Å². The molecule has 2 aromatic rings. The number of sulfonamides is 1. The van der Waals surface area contributed by atoms with Gasteiger partial charge in [0.05, 0.1) is 4.90 Å². The van der Waals surface area contributed by atoms with Gasteiger partial charge in [-0.3, -0.25) is 0 Å². The van der Waals surface area contributed by atoms with Gasteiger partial charge >= 0.3 is 0 Å². The number of hydrogen-bond donors (Lipinski definition) is 0. The van der Waals surface area contributed by atoms with Crippen molar-refractivity contribution < 1.29 is 8.42 Å². The molecule has 1 saturated heterocycles. The lowest BCUT2D eigenvalue weighted by Crippen LogP contribution is -2.39. The van der Waals surface area contributed by atoms with Crippen LogP contribution in [0.15, 0.2) is 65.6 Å². The summed E-state index contributed by atoms with van der Waals surface area (Å²) in [4.78, 5) is 0.388. The molecule has 0 saturated carbocycles. The minimum Gasteiger partial charge on any atom is -0.207 e. The monoisotopic (exact) mass is 301 g/mol. The highest BCUT2D eigenvalue weighted by Crippen LogP contribution is 2.29. The van der Waals surface area contributed by atoms with E-state index in [2.05, 4.69) is 12.1 Å². The fourth-order valence-corrected chi connectivity index (χ4v) is 4.44. The second-order valence-corrected chi connectivity index (χ2v) is 7.36. The summed E-state index contributed by atoms with van der Waals surface area (Å²) in [6, 6.07) is 18.9. The van der Waals surface area contributed by atoms with E-state index in [4.69, 9.17) is 0 Å². The van der Waals surface area contributed by atoms with E-state index in [0.717, 1.165) is 12.8 Å². The van der Waals surface area contributed by atoms with Crippen molar-refractivity contribution in [2.45, 2.75) is 23.7 Å². The smallest absolute Gasteiger partial charge is 0.207 e. The zero-order valence-electron chi connectivity index (χ0n) is 11.9. The average Bonchev–Trinajstić information content (AvgIpc) is 2.57.